The Morgan fingerprint density at radius 1 is 1.16 bits per heavy atom. The van der Waals surface area contributed by atoms with Crippen molar-refractivity contribution >= 4 is 16.2 Å². The lowest BCUT2D eigenvalue weighted by Gasteiger charge is -2.11. The monoisotopic (exact) mass is 365 g/mol. The van der Waals surface area contributed by atoms with Crippen LogP contribution in [-0.2, 0) is 6.18 Å². The average Bonchev–Trinajstić information content (AvgIpc) is 3.29. The minimum atomic E-state index is -4.59. The fourth-order valence-corrected chi connectivity index (χ4v) is 3.51. The van der Waals surface area contributed by atoms with Crippen molar-refractivity contribution in [3.05, 3.63) is 65.3 Å². The van der Waals surface area contributed by atoms with Crippen LogP contribution in [0.2, 0.25) is 0 Å². The fourth-order valence-electron chi connectivity index (χ4n) is 2.51. The molecule has 10 heteroatoms. The lowest BCUT2D eigenvalue weighted by molar-refractivity contribution is -0.135. The van der Waals surface area contributed by atoms with E-state index in [1.807, 2.05) is 6.07 Å². The van der Waals surface area contributed by atoms with Crippen LogP contribution < -0.4 is 0 Å². The number of aliphatic hydroxyl groups is 1. The molecule has 3 aromatic heterocycles. The molecule has 0 bridgehead atoms. The largest absolute Gasteiger partial charge is 0.427 e. The second-order valence-corrected chi connectivity index (χ2v) is 6.27. The molecule has 1 atom stereocenters. The van der Waals surface area contributed by atoms with Gasteiger partial charge in [-0.2, -0.15) is 13.2 Å². The Balaban J connectivity index is 1.79. The number of thiazole rings is 1. The zero-order chi connectivity index (χ0) is 17.6. The van der Waals surface area contributed by atoms with Gasteiger partial charge in [-0.1, -0.05) is 23.4 Å². The van der Waals surface area contributed by atoms with Crippen LogP contribution in [0.1, 0.15) is 22.4 Å². The second kappa shape index (κ2) is 5.67. The summed E-state index contributed by atoms with van der Waals surface area (Å²) in [6.45, 7) is 0. The summed E-state index contributed by atoms with van der Waals surface area (Å²) < 4.78 is 42.6. The molecule has 4 aromatic rings. The molecule has 128 valence electrons. The fraction of sp³-hybridized carbons (Fsp3) is 0.133. The van der Waals surface area contributed by atoms with Crippen LogP contribution in [0.5, 0.6) is 0 Å². The Labute approximate surface area is 142 Å². The van der Waals surface area contributed by atoms with Gasteiger partial charge in [0, 0.05) is 0 Å². The summed E-state index contributed by atoms with van der Waals surface area (Å²) in [5.74, 6) is 0. The van der Waals surface area contributed by atoms with Crippen molar-refractivity contribution in [3.8, 4) is 5.69 Å². The van der Waals surface area contributed by atoms with Gasteiger partial charge in [-0.15, -0.1) is 16.4 Å². The number of para-hydroxylation sites is 1. The number of rotatable bonds is 3. The third-order valence-electron chi connectivity index (χ3n) is 3.63. The molecule has 0 spiro atoms. The number of benzene rings is 1. The molecule has 0 aliphatic rings. The van der Waals surface area contributed by atoms with Gasteiger partial charge < -0.3 is 5.11 Å². The summed E-state index contributed by atoms with van der Waals surface area (Å²) in [4.78, 5) is 3.23. The normalized spacial score (nSPS) is 13.4. The molecule has 1 unspecified atom stereocenters. The Morgan fingerprint density at radius 3 is 2.64 bits per heavy atom. The van der Waals surface area contributed by atoms with Crippen LogP contribution in [-0.4, -0.2) is 29.5 Å². The molecule has 0 amide bonds. The number of fused-ring (bicyclic) bond motifs is 1. The average molecular weight is 365 g/mol. The van der Waals surface area contributed by atoms with Crippen molar-refractivity contribution in [1.82, 2.24) is 24.4 Å². The number of imidazole rings is 1. The number of hydrogen-bond acceptors (Lipinski definition) is 5. The van der Waals surface area contributed by atoms with E-state index in [-0.39, 0.29) is 16.2 Å². The zero-order valence-electron chi connectivity index (χ0n) is 12.4. The van der Waals surface area contributed by atoms with E-state index in [0.29, 0.717) is 17.0 Å². The number of alkyl halides is 3. The summed E-state index contributed by atoms with van der Waals surface area (Å²) in [5.41, 5.74) is 0.385. The van der Waals surface area contributed by atoms with Crippen LogP contribution in [0.15, 0.2) is 49.1 Å². The molecule has 0 fully saturated rings. The Kier molecular flexibility index (Phi) is 3.58. The van der Waals surface area contributed by atoms with Crippen molar-refractivity contribution in [1.29, 1.82) is 0 Å². The molecular weight excluding hydrogens is 355 g/mol. The van der Waals surface area contributed by atoms with Crippen LogP contribution in [0, 0.1) is 0 Å². The molecule has 0 saturated carbocycles. The van der Waals surface area contributed by atoms with E-state index in [9.17, 15) is 18.3 Å². The molecule has 6 nitrogen and oxygen atoms in total. The van der Waals surface area contributed by atoms with Gasteiger partial charge in [0.15, 0.2) is 0 Å². The highest BCUT2D eigenvalue weighted by Crippen LogP contribution is 2.41. The van der Waals surface area contributed by atoms with E-state index in [1.165, 1.54) is 27.8 Å². The maximum Gasteiger partial charge on any atom is 0.427 e. The lowest BCUT2D eigenvalue weighted by atomic mass is 10.1. The van der Waals surface area contributed by atoms with Crippen LogP contribution >= 0.6 is 11.3 Å². The lowest BCUT2D eigenvalue weighted by Crippen LogP contribution is -2.12. The summed E-state index contributed by atoms with van der Waals surface area (Å²) in [6.07, 6.45) is -2.22. The van der Waals surface area contributed by atoms with Crippen LogP contribution in [0.4, 0.5) is 13.2 Å². The number of hydrogen-bond donors (Lipinski definition) is 1. The van der Waals surface area contributed by atoms with Gasteiger partial charge in [0.25, 0.3) is 0 Å². The van der Waals surface area contributed by atoms with Crippen molar-refractivity contribution in [2.45, 2.75) is 12.3 Å². The first kappa shape index (κ1) is 15.8. The van der Waals surface area contributed by atoms with E-state index >= 15 is 0 Å². The van der Waals surface area contributed by atoms with Gasteiger partial charge in [-0.3, -0.25) is 4.40 Å². The summed E-state index contributed by atoms with van der Waals surface area (Å²) in [5, 5.41) is 18.3. The van der Waals surface area contributed by atoms with E-state index in [4.69, 9.17) is 0 Å². The first-order chi connectivity index (χ1) is 11.9. The standard InChI is InChI=1S/C15H10F3N5OS/c16-15(17,18)14-12(22-8-19-6-11(22)25-14)13(24)10-7-23(21-20-10)9-4-2-1-3-5-9/h1-8,13,24H. The van der Waals surface area contributed by atoms with Gasteiger partial charge in [-0.25, -0.2) is 9.67 Å². The highest BCUT2D eigenvalue weighted by Gasteiger charge is 2.40. The summed E-state index contributed by atoms with van der Waals surface area (Å²) in [6, 6.07) is 8.95. The maximum atomic E-state index is 13.3. The number of halogens is 3. The molecule has 0 radical (unpaired) electrons. The molecular formula is C15H10F3N5OS. The van der Waals surface area contributed by atoms with Crippen molar-refractivity contribution < 1.29 is 18.3 Å². The third-order valence-corrected chi connectivity index (χ3v) is 4.79. The van der Waals surface area contributed by atoms with E-state index in [2.05, 4.69) is 15.3 Å². The summed E-state index contributed by atoms with van der Waals surface area (Å²) in [7, 11) is 0. The molecule has 3 heterocycles. The Morgan fingerprint density at radius 2 is 1.92 bits per heavy atom. The number of nitrogens with zero attached hydrogens (tertiary/aromatic N) is 5. The molecule has 0 aliphatic carbocycles. The Bertz CT molecular complexity index is 1020. The van der Waals surface area contributed by atoms with Crippen LogP contribution in [0.3, 0.4) is 0 Å². The van der Waals surface area contributed by atoms with Crippen molar-refractivity contribution in [2.24, 2.45) is 0 Å². The first-order valence-corrected chi connectivity index (χ1v) is 7.94. The number of aromatic nitrogens is 5. The quantitative estimate of drug-likeness (QED) is 0.606. The maximum absolute atomic E-state index is 13.3. The zero-order valence-corrected chi connectivity index (χ0v) is 13.2. The highest BCUT2D eigenvalue weighted by atomic mass is 32.1. The van der Waals surface area contributed by atoms with Crippen molar-refractivity contribution in [2.75, 3.05) is 0 Å². The molecule has 1 N–H and O–H groups in total. The third kappa shape index (κ3) is 2.68. The molecule has 25 heavy (non-hydrogen) atoms. The SMILES string of the molecule is OC(c1cn(-c2ccccc2)nn1)c1c(C(F)(F)F)sc2cncn12. The van der Waals surface area contributed by atoms with Gasteiger partial charge in [0.2, 0.25) is 0 Å². The predicted molar refractivity (Wildman–Crippen MR) is 83.5 cm³/mol. The minimum absolute atomic E-state index is 0.0164. The van der Waals surface area contributed by atoms with Gasteiger partial charge in [0.1, 0.15) is 27.8 Å². The van der Waals surface area contributed by atoms with Crippen molar-refractivity contribution in [3.63, 3.8) is 0 Å². The smallest absolute Gasteiger partial charge is 0.380 e. The summed E-state index contributed by atoms with van der Waals surface area (Å²) >= 11 is 0.524. The van der Waals surface area contributed by atoms with E-state index < -0.39 is 17.2 Å². The van der Waals surface area contributed by atoms with Gasteiger partial charge in [-0.05, 0) is 12.1 Å². The molecule has 0 aliphatic heterocycles. The molecule has 4 rings (SSSR count). The second-order valence-electron chi connectivity index (χ2n) is 5.24. The molecule has 1 aromatic carbocycles. The number of aliphatic hydroxyl groups excluding tert-OH is 1. The predicted octanol–water partition coefficient (Wildman–Crippen LogP) is 3.08. The molecule has 0 saturated heterocycles. The Hall–Kier alpha value is -2.72. The van der Waals surface area contributed by atoms with Gasteiger partial charge in [0.05, 0.1) is 23.8 Å². The van der Waals surface area contributed by atoms with E-state index in [0.717, 1.165) is 0 Å². The van der Waals surface area contributed by atoms with Gasteiger partial charge >= 0.3 is 6.18 Å². The topological polar surface area (TPSA) is 68.2 Å². The highest BCUT2D eigenvalue weighted by molar-refractivity contribution is 7.17. The van der Waals surface area contributed by atoms with E-state index in [1.54, 1.807) is 24.3 Å². The first-order valence-electron chi connectivity index (χ1n) is 7.13. The van der Waals surface area contributed by atoms with Crippen LogP contribution in [0.25, 0.3) is 10.5 Å². The minimum Gasteiger partial charge on any atom is -0.380 e.